The van der Waals surface area contributed by atoms with Crippen molar-refractivity contribution in [2.24, 2.45) is 0 Å². The van der Waals surface area contributed by atoms with E-state index in [0.717, 1.165) is 50.7 Å². The van der Waals surface area contributed by atoms with Gasteiger partial charge in [0.25, 0.3) is 0 Å². The summed E-state index contributed by atoms with van der Waals surface area (Å²) in [5.41, 5.74) is 1.17. The molecule has 0 aliphatic carbocycles. The summed E-state index contributed by atoms with van der Waals surface area (Å²) in [6.45, 7) is 9.64. The van der Waals surface area contributed by atoms with E-state index >= 15 is 0 Å². The van der Waals surface area contributed by atoms with Crippen LogP contribution in [0.25, 0.3) is 0 Å². The second-order valence-corrected chi connectivity index (χ2v) is 8.70. The lowest BCUT2D eigenvalue weighted by Crippen LogP contribution is -2.46. The van der Waals surface area contributed by atoms with Crippen molar-refractivity contribution in [3.8, 4) is 0 Å². The largest absolute Gasteiger partial charge is 0.342 e. The molecule has 3 rings (SSSR count). The Morgan fingerprint density at radius 1 is 1.21 bits per heavy atom. The standard InChI is InChI=1S/C22H35ClN4O/c1-4-26(5-2)22(28)21-14-20(24-19-9-11-25(3)12-10-19)16-27(21)15-17-7-6-8-18(23)13-17/h6-8,13,19-21,24H,4-5,9-12,14-16H2,1-3H3/t20-,21-/m0/s1. The van der Waals surface area contributed by atoms with E-state index in [2.05, 4.69) is 42.1 Å². The predicted molar refractivity (Wildman–Crippen MR) is 116 cm³/mol. The zero-order valence-electron chi connectivity index (χ0n) is 17.5. The molecule has 0 saturated carbocycles. The Balaban J connectivity index is 1.69. The molecule has 1 amide bonds. The summed E-state index contributed by atoms with van der Waals surface area (Å²) >= 11 is 6.18. The third kappa shape index (κ3) is 5.47. The van der Waals surface area contributed by atoms with E-state index in [4.69, 9.17) is 11.6 Å². The monoisotopic (exact) mass is 406 g/mol. The van der Waals surface area contributed by atoms with Crippen LogP contribution in [-0.4, -0.2) is 78.5 Å². The number of carbonyl (C=O) groups is 1. The SMILES string of the molecule is CCN(CC)C(=O)[C@@H]1C[C@H](NC2CCN(C)CC2)CN1Cc1cccc(Cl)c1. The van der Waals surface area contributed by atoms with Crippen molar-refractivity contribution in [3.05, 3.63) is 34.9 Å². The van der Waals surface area contributed by atoms with E-state index in [9.17, 15) is 4.79 Å². The Labute approximate surface area is 175 Å². The molecule has 0 spiro atoms. The highest BCUT2D eigenvalue weighted by Gasteiger charge is 2.39. The van der Waals surface area contributed by atoms with Crippen LogP contribution >= 0.6 is 11.6 Å². The van der Waals surface area contributed by atoms with E-state index in [1.807, 2.05) is 23.1 Å². The number of amides is 1. The third-order valence-electron chi connectivity index (χ3n) is 6.23. The maximum atomic E-state index is 13.2. The van der Waals surface area contributed by atoms with Gasteiger partial charge in [0, 0.05) is 43.3 Å². The van der Waals surface area contributed by atoms with Gasteiger partial charge in [0.05, 0.1) is 6.04 Å². The van der Waals surface area contributed by atoms with E-state index in [0.29, 0.717) is 12.1 Å². The van der Waals surface area contributed by atoms with Crippen LogP contribution in [0.15, 0.2) is 24.3 Å². The highest BCUT2D eigenvalue weighted by molar-refractivity contribution is 6.30. The van der Waals surface area contributed by atoms with Gasteiger partial charge in [-0.2, -0.15) is 0 Å². The predicted octanol–water partition coefficient (Wildman–Crippen LogP) is 2.84. The molecule has 156 valence electrons. The number of rotatable bonds is 7. The number of benzene rings is 1. The summed E-state index contributed by atoms with van der Waals surface area (Å²) in [4.78, 5) is 19.9. The van der Waals surface area contributed by atoms with Gasteiger partial charge in [-0.05, 0) is 70.9 Å². The summed E-state index contributed by atoms with van der Waals surface area (Å²) < 4.78 is 0. The molecular weight excluding hydrogens is 372 g/mol. The molecule has 0 aromatic heterocycles. The Bertz CT molecular complexity index is 643. The van der Waals surface area contributed by atoms with Crippen molar-refractivity contribution < 1.29 is 4.79 Å². The van der Waals surface area contributed by atoms with Gasteiger partial charge in [-0.1, -0.05) is 23.7 Å². The smallest absolute Gasteiger partial charge is 0.239 e. The van der Waals surface area contributed by atoms with E-state index in [1.165, 1.54) is 18.4 Å². The first-order valence-electron chi connectivity index (χ1n) is 10.7. The van der Waals surface area contributed by atoms with Crippen LogP contribution in [0.4, 0.5) is 0 Å². The lowest BCUT2D eigenvalue weighted by atomic mass is 10.0. The van der Waals surface area contributed by atoms with Gasteiger partial charge in [-0.25, -0.2) is 0 Å². The molecule has 6 heteroatoms. The molecule has 28 heavy (non-hydrogen) atoms. The number of nitrogens with one attached hydrogen (secondary N) is 1. The Morgan fingerprint density at radius 3 is 2.57 bits per heavy atom. The molecule has 1 N–H and O–H groups in total. The number of halogens is 1. The average molecular weight is 407 g/mol. The normalized spacial score (nSPS) is 24.6. The Hall–Kier alpha value is -1.14. The second-order valence-electron chi connectivity index (χ2n) is 8.26. The molecule has 2 atom stereocenters. The van der Waals surface area contributed by atoms with E-state index < -0.39 is 0 Å². The lowest BCUT2D eigenvalue weighted by Gasteiger charge is -2.31. The maximum absolute atomic E-state index is 13.2. The summed E-state index contributed by atoms with van der Waals surface area (Å²) in [5.74, 6) is 0.264. The molecule has 5 nitrogen and oxygen atoms in total. The fraction of sp³-hybridized carbons (Fsp3) is 0.682. The number of likely N-dealkylation sites (N-methyl/N-ethyl adjacent to an activating group) is 1. The molecule has 2 aliphatic heterocycles. The fourth-order valence-electron chi connectivity index (χ4n) is 4.58. The average Bonchev–Trinajstić information content (AvgIpc) is 3.06. The summed E-state index contributed by atoms with van der Waals surface area (Å²) in [7, 11) is 2.19. The molecule has 0 radical (unpaired) electrons. The number of piperidine rings is 1. The van der Waals surface area contributed by atoms with E-state index in [1.54, 1.807) is 0 Å². The zero-order chi connectivity index (χ0) is 20.1. The van der Waals surface area contributed by atoms with Crippen LogP contribution in [0.1, 0.15) is 38.7 Å². The maximum Gasteiger partial charge on any atom is 0.239 e. The van der Waals surface area contributed by atoms with Gasteiger partial charge < -0.3 is 15.1 Å². The van der Waals surface area contributed by atoms with Crippen molar-refractivity contribution >= 4 is 17.5 Å². The number of hydrogen-bond acceptors (Lipinski definition) is 4. The van der Waals surface area contributed by atoms with Crippen molar-refractivity contribution in [1.82, 2.24) is 20.0 Å². The fourth-order valence-corrected chi connectivity index (χ4v) is 4.79. The van der Waals surface area contributed by atoms with Gasteiger partial charge in [0.15, 0.2) is 0 Å². The molecule has 0 bridgehead atoms. The Kier molecular flexibility index (Phi) is 7.75. The minimum absolute atomic E-state index is 0.0531. The first-order chi connectivity index (χ1) is 13.5. The van der Waals surface area contributed by atoms with Crippen molar-refractivity contribution in [2.75, 3.05) is 39.8 Å². The minimum atomic E-state index is -0.0531. The zero-order valence-corrected chi connectivity index (χ0v) is 18.3. The molecule has 2 heterocycles. The first-order valence-corrected chi connectivity index (χ1v) is 11.1. The van der Waals surface area contributed by atoms with E-state index in [-0.39, 0.29) is 11.9 Å². The van der Waals surface area contributed by atoms with Crippen molar-refractivity contribution in [3.63, 3.8) is 0 Å². The second kappa shape index (κ2) is 10.1. The number of hydrogen-bond donors (Lipinski definition) is 1. The summed E-state index contributed by atoms with van der Waals surface area (Å²) in [6.07, 6.45) is 3.27. The summed E-state index contributed by atoms with van der Waals surface area (Å²) in [5, 5.41) is 4.61. The van der Waals surface area contributed by atoms with Crippen LogP contribution in [0.5, 0.6) is 0 Å². The summed E-state index contributed by atoms with van der Waals surface area (Å²) in [6, 6.07) is 8.89. The van der Waals surface area contributed by atoms with Crippen LogP contribution in [0.3, 0.4) is 0 Å². The molecule has 1 aromatic rings. The highest BCUT2D eigenvalue weighted by Crippen LogP contribution is 2.25. The lowest BCUT2D eigenvalue weighted by molar-refractivity contribution is -0.135. The molecule has 0 unspecified atom stereocenters. The third-order valence-corrected chi connectivity index (χ3v) is 6.46. The molecule has 2 fully saturated rings. The van der Waals surface area contributed by atoms with Crippen LogP contribution < -0.4 is 5.32 Å². The molecular formula is C22H35ClN4O. The highest BCUT2D eigenvalue weighted by atomic mass is 35.5. The molecule has 1 aromatic carbocycles. The van der Waals surface area contributed by atoms with Crippen LogP contribution in [0.2, 0.25) is 5.02 Å². The van der Waals surface area contributed by atoms with Gasteiger partial charge in [0.2, 0.25) is 5.91 Å². The van der Waals surface area contributed by atoms with Gasteiger partial charge in [-0.15, -0.1) is 0 Å². The van der Waals surface area contributed by atoms with Gasteiger partial charge in [0.1, 0.15) is 0 Å². The number of likely N-dealkylation sites (tertiary alicyclic amines) is 2. The number of nitrogens with zero attached hydrogens (tertiary/aromatic N) is 3. The topological polar surface area (TPSA) is 38.8 Å². The first kappa shape index (κ1) is 21.6. The van der Waals surface area contributed by atoms with Crippen molar-refractivity contribution in [2.45, 2.75) is 57.8 Å². The van der Waals surface area contributed by atoms with Gasteiger partial charge in [-0.3, -0.25) is 9.69 Å². The quantitative estimate of drug-likeness (QED) is 0.755. The Morgan fingerprint density at radius 2 is 1.93 bits per heavy atom. The van der Waals surface area contributed by atoms with Crippen LogP contribution in [0, 0.1) is 0 Å². The van der Waals surface area contributed by atoms with Crippen molar-refractivity contribution in [1.29, 1.82) is 0 Å². The number of carbonyl (C=O) groups excluding carboxylic acids is 1. The van der Waals surface area contributed by atoms with Gasteiger partial charge >= 0.3 is 0 Å². The minimum Gasteiger partial charge on any atom is -0.342 e. The van der Waals surface area contributed by atoms with Crippen LogP contribution in [-0.2, 0) is 11.3 Å². The molecule has 2 aliphatic rings. The molecule has 2 saturated heterocycles.